The van der Waals surface area contributed by atoms with Crippen LogP contribution in [0.2, 0.25) is 5.02 Å². The maximum absolute atomic E-state index is 5.86. The Kier molecular flexibility index (Phi) is 5.61. The minimum atomic E-state index is 0.345. The third-order valence-corrected chi connectivity index (χ3v) is 3.05. The summed E-state index contributed by atoms with van der Waals surface area (Å²) in [5, 5.41) is 4.11. The molecule has 1 aromatic rings. The van der Waals surface area contributed by atoms with Gasteiger partial charge in [0.2, 0.25) is 0 Å². The van der Waals surface area contributed by atoms with Crippen LogP contribution in [0, 0.1) is 0 Å². The van der Waals surface area contributed by atoms with E-state index in [9.17, 15) is 0 Å². The summed E-state index contributed by atoms with van der Waals surface area (Å²) >= 11 is 9.34. The van der Waals surface area contributed by atoms with Gasteiger partial charge in [-0.25, -0.2) is 0 Å². The smallest absolute Gasteiger partial charge is 0.0613 e. The fraction of sp³-hybridized carbons (Fsp3) is 0.455. The summed E-state index contributed by atoms with van der Waals surface area (Å²) in [5.74, 6) is 0. The molecule has 1 atom stereocenters. The van der Waals surface area contributed by atoms with Gasteiger partial charge in [-0.05, 0) is 24.6 Å². The van der Waals surface area contributed by atoms with E-state index in [1.165, 1.54) is 5.56 Å². The lowest BCUT2D eigenvalue weighted by molar-refractivity contribution is 0.171. The van der Waals surface area contributed by atoms with E-state index in [4.69, 9.17) is 16.3 Å². The molecule has 0 bridgehead atoms. The van der Waals surface area contributed by atoms with Crippen LogP contribution < -0.4 is 5.32 Å². The van der Waals surface area contributed by atoms with Gasteiger partial charge >= 0.3 is 0 Å². The van der Waals surface area contributed by atoms with Crippen molar-refractivity contribution in [2.24, 2.45) is 0 Å². The topological polar surface area (TPSA) is 21.3 Å². The number of ether oxygens (including phenoxy) is 1. The van der Waals surface area contributed by atoms with E-state index < -0.39 is 0 Å². The van der Waals surface area contributed by atoms with Gasteiger partial charge in [0.15, 0.2) is 0 Å². The maximum atomic E-state index is 5.86. The zero-order chi connectivity index (χ0) is 11.3. The molecule has 1 aromatic carbocycles. The largest absolute Gasteiger partial charge is 0.383 e. The molecule has 0 aliphatic rings. The van der Waals surface area contributed by atoms with Crippen molar-refractivity contribution in [3.05, 3.63) is 33.3 Å². The predicted octanol–water partition coefficient (Wildman–Crippen LogP) is 3.23. The molecule has 0 aromatic heterocycles. The van der Waals surface area contributed by atoms with Gasteiger partial charge in [0, 0.05) is 29.2 Å². The molecule has 1 N–H and O–H groups in total. The molecule has 0 spiro atoms. The van der Waals surface area contributed by atoms with E-state index in [2.05, 4.69) is 28.2 Å². The molecule has 0 fully saturated rings. The summed E-state index contributed by atoms with van der Waals surface area (Å²) in [7, 11) is 1.70. The van der Waals surface area contributed by atoms with E-state index in [1.807, 2.05) is 18.2 Å². The molecule has 1 rings (SSSR count). The van der Waals surface area contributed by atoms with E-state index in [0.717, 1.165) is 16.0 Å². The maximum Gasteiger partial charge on any atom is 0.0613 e. The molecule has 4 heteroatoms. The van der Waals surface area contributed by atoms with Gasteiger partial charge in [0.1, 0.15) is 0 Å². The van der Waals surface area contributed by atoms with Crippen LogP contribution in [0.1, 0.15) is 12.5 Å². The molecule has 0 radical (unpaired) electrons. The molecule has 0 saturated carbocycles. The molecule has 0 aliphatic carbocycles. The molecule has 0 amide bonds. The van der Waals surface area contributed by atoms with Gasteiger partial charge in [-0.3, -0.25) is 0 Å². The normalized spacial score (nSPS) is 12.8. The molecule has 0 saturated heterocycles. The zero-order valence-corrected chi connectivity index (χ0v) is 11.2. The van der Waals surface area contributed by atoms with Crippen molar-refractivity contribution in [3.8, 4) is 0 Å². The van der Waals surface area contributed by atoms with Crippen molar-refractivity contribution in [1.82, 2.24) is 5.32 Å². The number of hydrogen-bond acceptors (Lipinski definition) is 2. The van der Waals surface area contributed by atoms with Crippen LogP contribution in [-0.2, 0) is 11.3 Å². The first kappa shape index (κ1) is 13.0. The quantitative estimate of drug-likeness (QED) is 0.900. The Morgan fingerprint density at radius 2 is 2.27 bits per heavy atom. The van der Waals surface area contributed by atoms with Crippen molar-refractivity contribution < 1.29 is 4.74 Å². The van der Waals surface area contributed by atoms with Gasteiger partial charge in [-0.2, -0.15) is 0 Å². The van der Waals surface area contributed by atoms with Crippen molar-refractivity contribution in [3.63, 3.8) is 0 Å². The lowest BCUT2D eigenvalue weighted by atomic mass is 10.2. The molecular formula is C11H15BrClNO. The van der Waals surface area contributed by atoms with Crippen LogP contribution >= 0.6 is 27.5 Å². The van der Waals surface area contributed by atoms with Crippen LogP contribution in [-0.4, -0.2) is 19.8 Å². The second-order valence-electron chi connectivity index (χ2n) is 3.47. The molecule has 2 nitrogen and oxygen atoms in total. The highest BCUT2D eigenvalue weighted by atomic mass is 79.9. The van der Waals surface area contributed by atoms with Crippen molar-refractivity contribution in [1.29, 1.82) is 0 Å². The molecule has 0 unspecified atom stereocenters. The van der Waals surface area contributed by atoms with Gasteiger partial charge in [0.25, 0.3) is 0 Å². The first-order valence-corrected chi connectivity index (χ1v) is 5.97. The summed E-state index contributed by atoms with van der Waals surface area (Å²) in [6.45, 7) is 3.61. The Hall–Kier alpha value is -0.0900. The monoisotopic (exact) mass is 291 g/mol. The third kappa shape index (κ3) is 4.51. The fourth-order valence-corrected chi connectivity index (χ4v) is 2.08. The lowest BCUT2D eigenvalue weighted by Crippen LogP contribution is -2.29. The lowest BCUT2D eigenvalue weighted by Gasteiger charge is -2.13. The molecule has 15 heavy (non-hydrogen) atoms. The fourth-order valence-electron chi connectivity index (χ4n) is 1.26. The minimum absolute atomic E-state index is 0.345. The second-order valence-corrected chi connectivity index (χ2v) is 4.76. The number of rotatable bonds is 5. The van der Waals surface area contributed by atoms with Crippen LogP contribution in [0.4, 0.5) is 0 Å². The molecule has 0 aliphatic heterocycles. The molecule has 84 valence electrons. The average Bonchev–Trinajstić information content (AvgIpc) is 2.17. The van der Waals surface area contributed by atoms with Crippen molar-refractivity contribution >= 4 is 27.5 Å². The average molecular weight is 293 g/mol. The summed E-state index contributed by atoms with van der Waals surface area (Å²) in [6.07, 6.45) is 0. The minimum Gasteiger partial charge on any atom is -0.383 e. The number of methoxy groups -OCH3 is 1. The Balaban J connectivity index is 2.50. The number of halogens is 2. The number of nitrogens with one attached hydrogen (secondary N) is 1. The SMILES string of the molecule is COC[C@H](C)NCc1ccc(Cl)cc1Br. The van der Waals surface area contributed by atoms with E-state index in [0.29, 0.717) is 12.6 Å². The summed E-state index contributed by atoms with van der Waals surface area (Å²) in [6, 6.07) is 6.15. The van der Waals surface area contributed by atoms with E-state index >= 15 is 0 Å². The highest BCUT2D eigenvalue weighted by molar-refractivity contribution is 9.10. The summed E-state index contributed by atoms with van der Waals surface area (Å²) in [5.41, 5.74) is 1.20. The molecule has 0 heterocycles. The predicted molar refractivity (Wildman–Crippen MR) is 67.3 cm³/mol. The zero-order valence-electron chi connectivity index (χ0n) is 8.89. The van der Waals surface area contributed by atoms with Crippen LogP contribution in [0.5, 0.6) is 0 Å². The second kappa shape index (κ2) is 6.48. The highest BCUT2D eigenvalue weighted by Crippen LogP contribution is 2.21. The first-order valence-electron chi connectivity index (χ1n) is 4.79. The molecular weight excluding hydrogens is 277 g/mol. The van der Waals surface area contributed by atoms with Crippen LogP contribution in [0.15, 0.2) is 22.7 Å². The number of hydrogen-bond donors (Lipinski definition) is 1. The Morgan fingerprint density at radius 1 is 1.53 bits per heavy atom. The third-order valence-electron chi connectivity index (χ3n) is 2.07. The van der Waals surface area contributed by atoms with Gasteiger partial charge in [-0.1, -0.05) is 33.6 Å². The van der Waals surface area contributed by atoms with Crippen LogP contribution in [0.3, 0.4) is 0 Å². The Morgan fingerprint density at radius 3 is 2.87 bits per heavy atom. The van der Waals surface area contributed by atoms with E-state index in [1.54, 1.807) is 7.11 Å². The van der Waals surface area contributed by atoms with Gasteiger partial charge < -0.3 is 10.1 Å². The van der Waals surface area contributed by atoms with Crippen LogP contribution in [0.25, 0.3) is 0 Å². The first-order chi connectivity index (χ1) is 7.13. The van der Waals surface area contributed by atoms with Gasteiger partial charge in [-0.15, -0.1) is 0 Å². The Labute approximate surface area is 104 Å². The van der Waals surface area contributed by atoms with Gasteiger partial charge in [0.05, 0.1) is 6.61 Å². The van der Waals surface area contributed by atoms with Crippen molar-refractivity contribution in [2.75, 3.05) is 13.7 Å². The van der Waals surface area contributed by atoms with Crippen molar-refractivity contribution in [2.45, 2.75) is 19.5 Å². The number of benzene rings is 1. The Bertz CT molecular complexity index is 319. The summed E-state index contributed by atoms with van der Waals surface area (Å²) < 4.78 is 6.08. The highest BCUT2D eigenvalue weighted by Gasteiger charge is 2.03. The summed E-state index contributed by atoms with van der Waals surface area (Å²) in [4.78, 5) is 0. The van der Waals surface area contributed by atoms with E-state index in [-0.39, 0.29) is 0 Å². The standard InChI is InChI=1S/C11H15BrClNO/c1-8(7-15-2)14-6-9-3-4-10(13)5-11(9)12/h3-5,8,14H,6-7H2,1-2H3/t8-/m0/s1.